The minimum absolute atomic E-state index is 0.202. The van der Waals surface area contributed by atoms with E-state index in [9.17, 15) is 4.79 Å². The Bertz CT molecular complexity index is 435. The Labute approximate surface area is 112 Å². The standard InChI is InChI=1S/C10H9BrCl2N2O/c1-9(5-10(9,12)13)8(16)15-7-3-2-6(11)4-14-7/h2-4H,5H2,1H3,(H,14,15,16)/t9-/m0/s1. The van der Waals surface area contributed by atoms with E-state index in [1.165, 1.54) is 0 Å². The summed E-state index contributed by atoms with van der Waals surface area (Å²) in [6.45, 7) is 1.74. The van der Waals surface area contributed by atoms with Crippen LogP contribution in [-0.4, -0.2) is 15.2 Å². The average molecular weight is 324 g/mol. The normalized spacial score (nSPS) is 26.2. The van der Waals surface area contributed by atoms with Crippen LogP contribution in [0.2, 0.25) is 0 Å². The summed E-state index contributed by atoms with van der Waals surface area (Å²) in [6.07, 6.45) is 2.07. The Morgan fingerprint density at radius 3 is 2.62 bits per heavy atom. The number of carbonyl (C=O) groups excluding carboxylic acids is 1. The molecule has 0 unspecified atom stereocenters. The van der Waals surface area contributed by atoms with Gasteiger partial charge in [-0.3, -0.25) is 4.79 Å². The molecule has 0 aliphatic heterocycles. The zero-order chi connectivity index (χ0) is 12.0. The van der Waals surface area contributed by atoms with Gasteiger partial charge in [-0.05, 0) is 41.4 Å². The van der Waals surface area contributed by atoms with Crippen LogP contribution in [0.4, 0.5) is 5.82 Å². The molecule has 1 heterocycles. The van der Waals surface area contributed by atoms with Crippen LogP contribution in [0.15, 0.2) is 22.8 Å². The van der Waals surface area contributed by atoms with Crippen molar-refractivity contribution in [3.8, 4) is 0 Å². The van der Waals surface area contributed by atoms with Gasteiger partial charge in [-0.15, -0.1) is 23.2 Å². The van der Waals surface area contributed by atoms with Crippen molar-refractivity contribution in [2.24, 2.45) is 5.41 Å². The van der Waals surface area contributed by atoms with Crippen molar-refractivity contribution < 1.29 is 4.79 Å². The number of rotatable bonds is 2. The molecule has 1 aromatic heterocycles. The number of hydrogen-bond acceptors (Lipinski definition) is 2. The third kappa shape index (κ3) is 2.06. The fourth-order valence-corrected chi connectivity index (χ4v) is 2.29. The maximum atomic E-state index is 11.9. The molecule has 1 N–H and O–H groups in total. The molecule has 0 aromatic carbocycles. The van der Waals surface area contributed by atoms with Gasteiger partial charge in [0.15, 0.2) is 0 Å². The molecule has 2 rings (SSSR count). The molecule has 1 atom stereocenters. The van der Waals surface area contributed by atoms with E-state index in [4.69, 9.17) is 23.2 Å². The van der Waals surface area contributed by atoms with Gasteiger partial charge in [0, 0.05) is 10.7 Å². The number of hydrogen-bond donors (Lipinski definition) is 1. The Morgan fingerprint density at radius 1 is 1.56 bits per heavy atom. The van der Waals surface area contributed by atoms with Gasteiger partial charge in [-0.1, -0.05) is 0 Å². The van der Waals surface area contributed by atoms with Crippen molar-refractivity contribution in [3.63, 3.8) is 0 Å². The number of pyridine rings is 1. The second-order valence-corrected chi connectivity index (χ2v) is 6.43. The number of alkyl halides is 2. The smallest absolute Gasteiger partial charge is 0.234 e. The summed E-state index contributed by atoms with van der Waals surface area (Å²) in [5, 5.41) is 2.69. The molecule has 1 amide bonds. The summed E-state index contributed by atoms with van der Waals surface area (Å²) in [6, 6.07) is 3.50. The molecule has 1 aliphatic rings. The average Bonchev–Trinajstić information content (AvgIpc) is 2.71. The molecule has 6 heteroatoms. The number of nitrogens with one attached hydrogen (secondary N) is 1. The Kier molecular flexibility index (Phi) is 2.93. The molecule has 16 heavy (non-hydrogen) atoms. The van der Waals surface area contributed by atoms with Crippen LogP contribution < -0.4 is 5.32 Å². The Morgan fingerprint density at radius 2 is 2.19 bits per heavy atom. The molecular formula is C10H9BrCl2N2O. The van der Waals surface area contributed by atoms with Crippen molar-refractivity contribution in [1.29, 1.82) is 0 Å². The summed E-state index contributed by atoms with van der Waals surface area (Å²) in [7, 11) is 0. The third-order valence-corrected chi connectivity index (χ3v) is 4.30. The van der Waals surface area contributed by atoms with Crippen LogP contribution >= 0.6 is 39.1 Å². The molecule has 0 radical (unpaired) electrons. The lowest BCUT2D eigenvalue weighted by Gasteiger charge is -2.11. The van der Waals surface area contributed by atoms with Gasteiger partial charge in [-0.2, -0.15) is 0 Å². The number of aromatic nitrogens is 1. The first kappa shape index (κ1) is 12.1. The van der Waals surface area contributed by atoms with Crippen molar-refractivity contribution >= 4 is 50.9 Å². The van der Waals surface area contributed by atoms with Gasteiger partial charge in [0.1, 0.15) is 10.2 Å². The Hall–Kier alpha value is -0.320. The van der Waals surface area contributed by atoms with Gasteiger partial charge in [-0.25, -0.2) is 4.98 Å². The molecule has 1 aliphatic carbocycles. The summed E-state index contributed by atoms with van der Waals surface area (Å²) < 4.78 is -0.0981. The topological polar surface area (TPSA) is 42.0 Å². The molecule has 1 saturated carbocycles. The second-order valence-electron chi connectivity index (χ2n) is 4.03. The summed E-state index contributed by atoms with van der Waals surface area (Å²) in [4.78, 5) is 15.9. The number of nitrogens with zero attached hydrogens (tertiary/aromatic N) is 1. The number of halogens is 3. The van der Waals surface area contributed by atoms with Crippen LogP contribution in [0.3, 0.4) is 0 Å². The van der Waals surface area contributed by atoms with Crippen molar-refractivity contribution in [2.75, 3.05) is 5.32 Å². The summed E-state index contributed by atoms with van der Waals surface area (Å²) in [5.41, 5.74) is -0.717. The van der Waals surface area contributed by atoms with E-state index in [0.29, 0.717) is 12.2 Å². The van der Waals surface area contributed by atoms with Gasteiger partial charge in [0.05, 0.1) is 5.41 Å². The summed E-state index contributed by atoms with van der Waals surface area (Å²) in [5.74, 6) is 0.290. The summed E-state index contributed by atoms with van der Waals surface area (Å²) >= 11 is 15.1. The van der Waals surface area contributed by atoms with Gasteiger partial charge in [0.25, 0.3) is 0 Å². The van der Waals surface area contributed by atoms with E-state index < -0.39 is 9.75 Å². The molecule has 0 bridgehead atoms. The lowest BCUT2D eigenvalue weighted by molar-refractivity contribution is -0.120. The Balaban J connectivity index is 2.07. The van der Waals surface area contributed by atoms with E-state index in [-0.39, 0.29) is 5.91 Å². The fraction of sp³-hybridized carbons (Fsp3) is 0.400. The molecule has 1 aromatic rings. The van der Waals surface area contributed by atoms with E-state index in [0.717, 1.165) is 4.47 Å². The highest BCUT2D eigenvalue weighted by molar-refractivity contribution is 9.10. The minimum atomic E-state index is -0.952. The van der Waals surface area contributed by atoms with Crippen molar-refractivity contribution in [1.82, 2.24) is 4.98 Å². The van der Waals surface area contributed by atoms with Crippen molar-refractivity contribution in [2.45, 2.75) is 17.7 Å². The fourth-order valence-electron chi connectivity index (χ4n) is 1.35. The molecule has 1 fully saturated rings. The number of amides is 1. The lowest BCUT2D eigenvalue weighted by atomic mass is 10.1. The van der Waals surface area contributed by atoms with Crippen molar-refractivity contribution in [3.05, 3.63) is 22.8 Å². The van der Waals surface area contributed by atoms with Crippen LogP contribution in [0.25, 0.3) is 0 Å². The molecular weight excluding hydrogens is 315 g/mol. The molecule has 3 nitrogen and oxygen atoms in total. The predicted molar refractivity (Wildman–Crippen MR) is 67.7 cm³/mol. The van der Waals surface area contributed by atoms with Gasteiger partial charge >= 0.3 is 0 Å². The first-order valence-electron chi connectivity index (χ1n) is 4.66. The highest BCUT2D eigenvalue weighted by Gasteiger charge is 2.67. The second kappa shape index (κ2) is 3.86. The maximum absolute atomic E-state index is 11.9. The van der Waals surface area contributed by atoms with Crippen LogP contribution in [0.5, 0.6) is 0 Å². The predicted octanol–water partition coefficient (Wildman–Crippen LogP) is 3.37. The molecule has 86 valence electrons. The van der Waals surface area contributed by atoms with Crippen LogP contribution in [0, 0.1) is 5.41 Å². The lowest BCUT2D eigenvalue weighted by Crippen LogP contribution is -2.26. The first-order valence-corrected chi connectivity index (χ1v) is 6.21. The van der Waals surface area contributed by atoms with Gasteiger partial charge in [0.2, 0.25) is 5.91 Å². The quantitative estimate of drug-likeness (QED) is 0.848. The first-order chi connectivity index (χ1) is 7.35. The maximum Gasteiger partial charge on any atom is 0.234 e. The van der Waals surface area contributed by atoms with E-state index >= 15 is 0 Å². The molecule has 0 saturated heterocycles. The number of anilines is 1. The van der Waals surface area contributed by atoms with E-state index in [1.807, 2.05) is 0 Å². The minimum Gasteiger partial charge on any atom is -0.310 e. The SMILES string of the molecule is C[C@@]1(C(=O)Nc2ccc(Br)cn2)CC1(Cl)Cl. The highest BCUT2D eigenvalue weighted by Crippen LogP contribution is 2.64. The third-order valence-electron chi connectivity index (χ3n) is 2.73. The monoisotopic (exact) mass is 322 g/mol. The van der Waals surface area contributed by atoms with Crippen LogP contribution in [0.1, 0.15) is 13.3 Å². The number of carbonyl (C=O) groups is 1. The van der Waals surface area contributed by atoms with E-state index in [2.05, 4.69) is 26.2 Å². The van der Waals surface area contributed by atoms with Gasteiger partial charge < -0.3 is 5.32 Å². The van der Waals surface area contributed by atoms with E-state index in [1.54, 1.807) is 25.3 Å². The highest BCUT2D eigenvalue weighted by atomic mass is 79.9. The van der Waals surface area contributed by atoms with Crippen LogP contribution in [-0.2, 0) is 4.79 Å². The largest absolute Gasteiger partial charge is 0.310 e. The zero-order valence-electron chi connectivity index (χ0n) is 8.43. The molecule has 0 spiro atoms. The zero-order valence-corrected chi connectivity index (χ0v) is 11.5.